The Balaban J connectivity index is 2.01. The van der Waals surface area contributed by atoms with Gasteiger partial charge in [0.1, 0.15) is 18.4 Å². The van der Waals surface area contributed by atoms with Crippen molar-refractivity contribution < 1.29 is 28.6 Å². The molecule has 32 heavy (non-hydrogen) atoms. The van der Waals surface area contributed by atoms with Gasteiger partial charge in [0.25, 0.3) is 5.91 Å². The molecule has 0 radical (unpaired) electrons. The number of benzene rings is 1. The minimum Gasteiger partial charge on any atom is -0.490 e. The molecule has 1 aromatic rings. The standard InChI is InChI=1S/C22H31N3O6S/c1-3-4-7-12-31-19(26)15-17-21(28)23-10-11-25(17)22(32)24-20(27)16-8-5-6-9-18(16)30-14-13-29-2/h5-6,8-9,17H,3-4,7,10-15H2,1-2H3,(H,23,28)(H,24,27,32). The molecule has 9 nitrogen and oxygen atoms in total. The van der Waals surface area contributed by atoms with Gasteiger partial charge in [-0.05, 0) is 30.8 Å². The average Bonchev–Trinajstić information content (AvgIpc) is 2.78. The highest BCUT2D eigenvalue weighted by Gasteiger charge is 2.34. The Morgan fingerprint density at radius 1 is 1.22 bits per heavy atom. The topological polar surface area (TPSA) is 106 Å². The van der Waals surface area contributed by atoms with Gasteiger partial charge in [-0.15, -0.1) is 0 Å². The third-order valence-corrected chi connectivity index (χ3v) is 5.20. The number of esters is 1. The van der Waals surface area contributed by atoms with Gasteiger partial charge >= 0.3 is 5.97 Å². The lowest BCUT2D eigenvalue weighted by Crippen LogP contribution is -2.60. The molecule has 10 heteroatoms. The second-order valence-electron chi connectivity index (χ2n) is 7.23. The lowest BCUT2D eigenvalue weighted by atomic mass is 10.1. The SMILES string of the molecule is CCCCCOC(=O)CC1C(=O)NCCN1C(=S)NC(=O)c1ccccc1OCCOC. The van der Waals surface area contributed by atoms with E-state index in [1.807, 2.05) is 0 Å². The smallest absolute Gasteiger partial charge is 0.308 e. The first-order valence-corrected chi connectivity index (χ1v) is 11.1. The summed E-state index contributed by atoms with van der Waals surface area (Å²) < 4.78 is 15.8. The summed E-state index contributed by atoms with van der Waals surface area (Å²) in [4.78, 5) is 39.0. The van der Waals surface area contributed by atoms with Crippen molar-refractivity contribution in [1.29, 1.82) is 0 Å². The van der Waals surface area contributed by atoms with Gasteiger partial charge in [-0.3, -0.25) is 19.7 Å². The molecule has 2 amide bonds. The van der Waals surface area contributed by atoms with Gasteiger partial charge in [0, 0.05) is 20.2 Å². The number of methoxy groups -OCH3 is 1. The van der Waals surface area contributed by atoms with Crippen LogP contribution in [-0.4, -0.2) is 73.9 Å². The minimum absolute atomic E-state index is 0.0697. The molecule has 1 aliphatic rings. The second-order valence-corrected chi connectivity index (χ2v) is 7.62. The maximum absolute atomic E-state index is 12.8. The molecule has 1 atom stereocenters. The number of carbonyl (C=O) groups excluding carboxylic acids is 3. The van der Waals surface area contributed by atoms with E-state index in [0.717, 1.165) is 19.3 Å². The number of para-hydroxylation sites is 1. The number of hydrogen-bond donors (Lipinski definition) is 2. The molecular weight excluding hydrogens is 434 g/mol. The molecule has 1 fully saturated rings. The molecule has 2 N–H and O–H groups in total. The number of thiocarbonyl (C=S) groups is 1. The van der Waals surface area contributed by atoms with Gasteiger partial charge in [-0.2, -0.15) is 0 Å². The number of hydrogen-bond acceptors (Lipinski definition) is 7. The number of rotatable bonds is 11. The van der Waals surface area contributed by atoms with E-state index in [-0.39, 0.29) is 17.4 Å². The molecule has 0 aliphatic carbocycles. The van der Waals surface area contributed by atoms with Crippen molar-refractivity contribution in [2.75, 3.05) is 40.0 Å². The van der Waals surface area contributed by atoms with Gasteiger partial charge in [0.2, 0.25) is 5.91 Å². The predicted molar refractivity (Wildman–Crippen MR) is 122 cm³/mol. The molecule has 1 heterocycles. The van der Waals surface area contributed by atoms with E-state index in [0.29, 0.717) is 44.2 Å². The number of unbranched alkanes of at least 4 members (excludes halogenated alkanes) is 2. The van der Waals surface area contributed by atoms with E-state index in [4.69, 9.17) is 26.4 Å². The van der Waals surface area contributed by atoms with Crippen LogP contribution in [0.3, 0.4) is 0 Å². The van der Waals surface area contributed by atoms with Crippen LogP contribution in [0.25, 0.3) is 0 Å². The van der Waals surface area contributed by atoms with Crippen LogP contribution in [0.2, 0.25) is 0 Å². The summed E-state index contributed by atoms with van der Waals surface area (Å²) in [5.74, 6) is -0.871. The zero-order valence-corrected chi connectivity index (χ0v) is 19.4. The fraction of sp³-hybridized carbons (Fsp3) is 0.545. The molecule has 0 saturated carbocycles. The number of carbonyl (C=O) groups is 3. The second kappa shape index (κ2) is 13.6. The van der Waals surface area contributed by atoms with Crippen LogP contribution in [0.4, 0.5) is 0 Å². The monoisotopic (exact) mass is 465 g/mol. The van der Waals surface area contributed by atoms with Crippen molar-refractivity contribution in [3.63, 3.8) is 0 Å². The van der Waals surface area contributed by atoms with Crippen LogP contribution < -0.4 is 15.4 Å². The van der Waals surface area contributed by atoms with Crippen molar-refractivity contribution in [2.45, 2.75) is 38.6 Å². The fourth-order valence-corrected chi connectivity index (χ4v) is 3.48. The molecule has 1 unspecified atom stereocenters. The summed E-state index contributed by atoms with van der Waals surface area (Å²) in [6.07, 6.45) is 2.62. The molecule has 1 aliphatic heterocycles. The van der Waals surface area contributed by atoms with Crippen LogP contribution in [0.1, 0.15) is 43.0 Å². The molecule has 1 saturated heterocycles. The average molecular weight is 466 g/mol. The largest absolute Gasteiger partial charge is 0.490 e. The van der Waals surface area contributed by atoms with E-state index < -0.39 is 17.9 Å². The van der Waals surface area contributed by atoms with Crippen molar-refractivity contribution in [2.24, 2.45) is 0 Å². The van der Waals surface area contributed by atoms with Crippen molar-refractivity contribution in [3.8, 4) is 5.75 Å². The van der Waals surface area contributed by atoms with Crippen LogP contribution >= 0.6 is 12.2 Å². The maximum Gasteiger partial charge on any atom is 0.308 e. The summed E-state index contributed by atoms with van der Waals surface area (Å²) >= 11 is 5.41. The van der Waals surface area contributed by atoms with E-state index in [1.54, 1.807) is 36.3 Å². The number of nitrogens with zero attached hydrogens (tertiary/aromatic N) is 1. The maximum atomic E-state index is 12.8. The molecule has 0 bridgehead atoms. The molecule has 0 aromatic heterocycles. The van der Waals surface area contributed by atoms with Crippen molar-refractivity contribution >= 4 is 35.1 Å². The molecule has 1 aromatic carbocycles. The lowest BCUT2D eigenvalue weighted by Gasteiger charge is -2.36. The first-order valence-electron chi connectivity index (χ1n) is 10.7. The number of amides is 2. The van der Waals surface area contributed by atoms with E-state index in [2.05, 4.69) is 17.6 Å². The van der Waals surface area contributed by atoms with Crippen LogP contribution in [0, 0.1) is 0 Å². The zero-order valence-electron chi connectivity index (χ0n) is 18.6. The number of ether oxygens (including phenoxy) is 3. The molecule has 0 spiro atoms. The van der Waals surface area contributed by atoms with Crippen LogP contribution in [0.15, 0.2) is 24.3 Å². The Kier molecular flexibility index (Phi) is 10.9. The minimum atomic E-state index is -0.844. The Hall–Kier alpha value is -2.72. The van der Waals surface area contributed by atoms with Crippen molar-refractivity contribution in [1.82, 2.24) is 15.5 Å². The number of piperazine rings is 1. The van der Waals surface area contributed by atoms with Gasteiger partial charge in [-0.25, -0.2) is 0 Å². The van der Waals surface area contributed by atoms with Crippen molar-refractivity contribution in [3.05, 3.63) is 29.8 Å². The van der Waals surface area contributed by atoms with Gasteiger partial charge < -0.3 is 24.4 Å². The highest BCUT2D eigenvalue weighted by Crippen LogP contribution is 2.18. The Labute approximate surface area is 193 Å². The molecular formula is C22H31N3O6S. The first kappa shape index (κ1) is 25.5. The summed E-state index contributed by atoms with van der Waals surface area (Å²) in [6, 6.07) is 5.93. The van der Waals surface area contributed by atoms with Crippen LogP contribution in [0.5, 0.6) is 5.75 Å². The number of nitrogens with one attached hydrogen (secondary N) is 2. The molecule has 2 rings (SSSR count). The van der Waals surface area contributed by atoms with Gasteiger partial charge in [0.05, 0.1) is 25.2 Å². The third-order valence-electron chi connectivity index (χ3n) is 4.86. The summed E-state index contributed by atoms with van der Waals surface area (Å²) in [6.45, 7) is 3.78. The summed E-state index contributed by atoms with van der Waals surface area (Å²) in [7, 11) is 1.56. The Morgan fingerprint density at radius 2 is 2.00 bits per heavy atom. The molecule has 176 valence electrons. The van der Waals surface area contributed by atoms with E-state index >= 15 is 0 Å². The van der Waals surface area contributed by atoms with Gasteiger partial charge in [-0.1, -0.05) is 31.9 Å². The highest BCUT2D eigenvalue weighted by atomic mass is 32.1. The summed E-state index contributed by atoms with van der Waals surface area (Å²) in [5, 5.41) is 5.45. The zero-order chi connectivity index (χ0) is 23.3. The Morgan fingerprint density at radius 3 is 2.75 bits per heavy atom. The predicted octanol–water partition coefficient (Wildman–Crippen LogP) is 1.65. The van der Waals surface area contributed by atoms with E-state index in [9.17, 15) is 14.4 Å². The van der Waals surface area contributed by atoms with Crippen LogP contribution in [-0.2, 0) is 19.1 Å². The lowest BCUT2D eigenvalue weighted by molar-refractivity contribution is -0.147. The normalized spacial score (nSPS) is 15.6. The quantitative estimate of drug-likeness (QED) is 0.289. The Bertz CT molecular complexity index is 804. The third kappa shape index (κ3) is 7.76. The first-order chi connectivity index (χ1) is 15.5. The fourth-order valence-electron chi connectivity index (χ4n) is 3.17. The highest BCUT2D eigenvalue weighted by molar-refractivity contribution is 7.80. The van der Waals surface area contributed by atoms with Gasteiger partial charge in [0.15, 0.2) is 5.11 Å². The van der Waals surface area contributed by atoms with E-state index in [1.165, 1.54) is 0 Å². The summed E-state index contributed by atoms with van der Waals surface area (Å²) in [5.41, 5.74) is 0.305.